The van der Waals surface area contributed by atoms with Crippen LogP contribution in [0.5, 0.6) is 5.75 Å². The minimum absolute atomic E-state index is 0.475. The average Bonchev–Trinajstić information content (AvgIpc) is 3.00. The van der Waals surface area contributed by atoms with Crippen molar-refractivity contribution in [1.29, 1.82) is 0 Å². The first-order valence-electron chi connectivity index (χ1n) is 5.64. The Balaban J connectivity index is 2.36. The Bertz CT molecular complexity index is 413. The van der Waals surface area contributed by atoms with E-state index in [1.54, 1.807) is 20.3 Å². The fraction of sp³-hybridized carbons (Fsp3) is 0.538. The van der Waals surface area contributed by atoms with E-state index in [-0.39, 0.29) is 0 Å². The van der Waals surface area contributed by atoms with Crippen LogP contribution >= 0.6 is 11.6 Å². The van der Waals surface area contributed by atoms with E-state index >= 15 is 0 Å². The van der Waals surface area contributed by atoms with Crippen LogP contribution in [0.1, 0.15) is 24.0 Å². The van der Waals surface area contributed by atoms with E-state index in [2.05, 4.69) is 0 Å². The fourth-order valence-corrected chi connectivity index (χ4v) is 2.21. The number of ether oxygens (including phenoxy) is 2. The maximum Gasteiger partial charge on any atom is 0.124 e. The number of rotatable bonds is 5. The summed E-state index contributed by atoms with van der Waals surface area (Å²) in [6.45, 7) is 0.475. The molecule has 1 saturated carbocycles. The van der Waals surface area contributed by atoms with E-state index in [1.807, 2.05) is 6.07 Å². The van der Waals surface area contributed by atoms with E-state index in [0.29, 0.717) is 18.1 Å². The van der Waals surface area contributed by atoms with Crippen LogP contribution < -0.4 is 4.74 Å². The lowest BCUT2D eigenvalue weighted by Crippen LogP contribution is -2.14. The maximum atomic E-state index is 10.0. The monoisotopic (exact) mass is 256 g/mol. The van der Waals surface area contributed by atoms with Gasteiger partial charge in [0.15, 0.2) is 0 Å². The van der Waals surface area contributed by atoms with Crippen molar-refractivity contribution >= 4 is 11.6 Å². The van der Waals surface area contributed by atoms with E-state index < -0.39 is 5.60 Å². The molecule has 0 heterocycles. The molecule has 0 aromatic heterocycles. The standard InChI is InChI=1S/C13H17ClO3/c1-16-8-9-5-10(14)6-12(17-2)11(9)7-13(15)3-4-13/h5-6,15H,3-4,7-8H2,1-2H3. The normalized spacial score (nSPS) is 16.9. The van der Waals surface area contributed by atoms with E-state index in [9.17, 15) is 5.11 Å². The Morgan fingerprint density at radius 2 is 2.06 bits per heavy atom. The highest BCUT2D eigenvalue weighted by atomic mass is 35.5. The lowest BCUT2D eigenvalue weighted by Gasteiger charge is -2.17. The molecule has 17 heavy (non-hydrogen) atoms. The van der Waals surface area contributed by atoms with Gasteiger partial charge >= 0.3 is 0 Å². The molecular weight excluding hydrogens is 240 g/mol. The Morgan fingerprint density at radius 1 is 1.35 bits per heavy atom. The predicted octanol–water partition coefficient (Wildman–Crippen LogP) is 2.56. The molecule has 1 aliphatic carbocycles. The van der Waals surface area contributed by atoms with Crippen molar-refractivity contribution in [2.24, 2.45) is 0 Å². The second-order valence-electron chi connectivity index (χ2n) is 4.58. The highest BCUT2D eigenvalue weighted by Crippen LogP contribution is 2.41. The van der Waals surface area contributed by atoms with Crippen molar-refractivity contribution in [3.63, 3.8) is 0 Å². The number of benzene rings is 1. The first-order valence-corrected chi connectivity index (χ1v) is 6.02. The summed E-state index contributed by atoms with van der Waals surface area (Å²) >= 11 is 6.03. The number of hydrogen-bond acceptors (Lipinski definition) is 3. The van der Waals surface area contributed by atoms with Gasteiger partial charge in [0.25, 0.3) is 0 Å². The second-order valence-corrected chi connectivity index (χ2v) is 5.02. The summed E-state index contributed by atoms with van der Waals surface area (Å²) in [5.41, 5.74) is 1.43. The van der Waals surface area contributed by atoms with Gasteiger partial charge in [-0.25, -0.2) is 0 Å². The van der Waals surface area contributed by atoms with Crippen molar-refractivity contribution in [3.05, 3.63) is 28.3 Å². The summed E-state index contributed by atoms with van der Waals surface area (Å²) < 4.78 is 10.5. The Morgan fingerprint density at radius 3 is 2.59 bits per heavy atom. The summed E-state index contributed by atoms with van der Waals surface area (Å²) in [7, 11) is 3.26. The summed E-state index contributed by atoms with van der Waals surface area (Å²) in [5, 5.41) is 10.7. The first kappa shape index (κ1) is 12.7. The molecule has 0 atom stereocenters. The van der Waals surface area contributed by atoms with E-state index in [4.69, 9.17) is 21.1 Å². The van der Waals surface area contributed by atoms with Crippen molar-refractivity contribution < 1.29 is 14.6 Å². The molecule has 0 saturated heterocycles. The molecule has 0 spiro atoms. The van der Waals surface area contributed by atoms with Gasteiger partial charge in [-0.1, -0.05) is 11.6 Å². The molecule has 1 aromatic rings. The zero-order valence-corrected chi connectivity index (χ0v) is 10.9. The quantitative estimate of drug-likeness (QED) is 0.880. The van der Waals surface area contributed by atoms with Crippen LogP contribution in [0.15, 0.2) is 12.1 Å². The van der Waals surface area contributed by atoms with Crippen LogP contribution in [0.3, 0.4) is 0 Å². The summed E-state index contributed by atoms with van der Waals surface area (Å²) in [6, 6.07) is 3.65. The predicted molar refractivity (Wildman–Crippen MR) is 66.6 cm³/mol. The minimum Gasteiger partial charge on any atom is -0.496 e. The Hall–Kier alpha value is -0.770. The molecule has 1 aromatic carbocycles. The smallest absolute Gasteiger partial charge is 0.124 e. The van der Waals surface area contributed by atoms with Gasteiger partial charge < -0.3 is 14.6 Å². The Labute approximate surface area is 106 Å². The van der Waals surface area contributed by atoms with Crippen LogP contribution in [0.2, 0.25) is 5.02 Å². The zero-order chi connectivity index (χ0) is 12.5. The van der Waals surface area contributed by atoms with Crippen LogP contribution in [0.4, 0.5) is 0 Å². The molecule has 0 amide bonds. The molecule has 94 valence electrons. The average molecular weight is 257 g/mol. The van der Waals surface area contributed by atoms with Crippen LogP contribution in [-0.4, -0.2) is 24.9 Å². The molecule has 0 aliphatic heterocycles. The Kier molecular flexibility index (Phi) is 3.61. The molecule has 3 nitrogen and oxygen atoms in total. The highest BCUT2D eigenvalue weighted by Gasteiger charge is 2.41. The van der Waals surface area contributed by atoms with Crippen molar-refractivity contribution in [1.82, 2.24) is 0 Å². The van der Waals surface area contributed by atoms with Gasteiger partial charge in [0.2, 0.25) is 0 Å². The molecular formula is C13H17ClO3. The molecule has 2 rings (SSSR count). The van der Waals surface area contributed by atoms with Crippen LogP contribution in [0, 0.1) is 0 Å². The number of hydrogen-bond donors (Lipinski definition) is 1. The molecule has 1 N–H and O–H groups in total. The summed E-state index contributed by atoms with van der Waals surface area (Å²) in [5.74, 6) is 0.727. The SMILES string of the molecule is COCc1cc(Cl)cc(OC)c1CC1(O)CC1. The van der Waals surface area contributed by atoms with Gasteiger partial charge in [0.1, 0.15) is 5.75 Å². The molecule has 0 radical (unpaired) electrons. The van der Waals surface area contributed by atoms with Crippen molar-refractivity contribution in [2.45, 2.75) is 31.5 Å². The van der Waals surface area contributed by atoms with Crippen LogP contribution in [0.25, 0.3) is 0 Å². The number of aliphatic hydroxyl groups is 1. The maximum absolute atomic E-state index is 10.0. The first-order chi connectivity index (χ1) is 8.08. The van der Waals surface area contributed by atoms with Gasteiger partial charge in [-0.3, -0.25) is 0 Å². The fourth-order valence-electron chi connectivity index (χ4n) is 1.98. The molecule has 4 heteroatoms. The summed E-state index contributed by atoms with van der Waals surface area (Å²) in [4.78, 5) is 0. The largest absolute Gasteiger partial charge is 0.496 e. The highest BCUT2D eigenvalue weighted by molar-refractivity contribution is 6.30. The third kappa shape index (κ3) is 2.92. The second kappa shape index (κ2) is 4.84. The number of halogens is 1. The lowest BCUT2D eigenvalue weighted by atomic mass is 9.99. The molecule has 1 aliphatic rings. The van der Waals surface area contributed by atoms with Gasteiger partial charge in [0, 0.05) is 24.1 Å². The van der Waals surface area contributed by atoms with Gasteiger partial charge in [0.05, 0.1) is 19.3 Å². The minimum atomic E-state index is -0.552. The summed E-state index contributed by atoms with van der Waals surface area (Å²) in [6.07, 6.45) is 2.31. The van der Waals surface area contributed by atoms with Gasteiger partial charge in [-0.15, -0.1) is 0 Å². The lowest BCUT2D eigenvalue weighted by molar-refractivity contribution is 0.147. The molecule has 0 bridgehead atoms. The van der Waals surface area contributed by atoms with Gasteiger partial charge in [-0.05, 0) is 30.5 Å². The molecule has 1 fully saturated rings. The topological polar surface area (TPSA) is 38.7 Å². The molecule has 0 unspecified atom stereocenters. The van der Waals surface area contributed by atoms with Crippen molar-refractivity contribution in [3.8, 4) is 5.75 Å². The van der Waals surface area contributed by atoms with E-state index in [1.165, 1.54) is 0 Å². The zero-order valence-electron chi connectivity index (χ0n) is 10.1. The van der Waals surface area contributed by atoms with Gasteiger partial charge in [-0.2, -0.15) is 0 Å². The third-order valence-corrected chi connectivity index (χ3v) is 3.34. The third-order valence-electron chi connectivity index (χ3n) is 3.12. The van der Waals surface area contributed by atoms with Crippen LogP contribution in [-0.2, 0) is 17.8 Å². The van der Waals surface area contributed by atoms with Crippen molar-refractivity contribution in [2.75, 3.05) is 14.2 Å². The van der Waals surface area contributed by atoms with E-state index in [0.717, 1.165) is 29.7 Å². The number of methoxy groups -OCH3 is 2.